The molecule has 0 atom stereocenters. The number of hydrogen-bond donors (Lipinski definition) is 1. The van der Waals surface area contributed by atoms with Gasteiger partial charge in [0, 0.05) is 30.3 Å². The molecule has 0 aromatic carbocycles. The summed E-state index contributed by atoms with van der Waals surface area (Å²) in [6.45, 7) is 2.68. The number of aromatic nitrogens is 3. The number of nitrogens with two attached hydrogens (primary N) is 1. The van der Waals surface area contributed by atoms with E-state index in [0.29, 0.717) is 12.5 Å². The molecule has 4 heteroatoms. The van der Waals surface area contributed by atoms with E-state index < -0.39 is 0 Å². The van der Waals surface area contributed by atoms with Crippen molar-refractivity contribution in [1.29, 1.82) is 0 Å². The van der Waals surface area contributed by atoms with Crippen molar-refractivity contribution in [2.75, 3.05) is 6.54 Å². The minimum absolute atomic E-state index is 0.645. The third-order valence-corrected chi connectivity index (χ3v) is 3.10. The van der Waals surface area contributed by atoms with E-state index in [1.54, 1.807) is 0 Å². The van der Waals surface area contributed by atoms with Crippen molar-refractivity contribution >= 4 is 5.65 Å². The van der Waals surface area contributed by atoms with Crippen LogP contribution in [0.1, 0.15) is 36.0 Å². The molecule has 84 valence electrons. The van der Waals surface area contributed by atoms with Crippen LogP contribution in [0, 0.1) is 6.92 Å². The Hall–Kier alpha value is -1.42. The summed E-state index contributed by atoms with van der Waals surface area (Å²) in [5, 5.41) is 0. The van der Waals surface area contributed by atoms with Gasteiger partial charge in [0.25, 0.3) is 0 Å². The zero-order valence-electron chi connectivity index (χ0n) is 9.48. The minimum Gasteiger partial charge on any atom is -0.330 e. The third-order valence-electron chi connectivity index (χ3n) is 3.10. The zero-order chi connectivity index (χ0) is 11.1. The first kappa shape index (κ1) is 9.78. The summed E-state index contributed by atoms with van der Waals surface area (Å²) in [6.07, 6.45) is 5.43. The summed E-state index contributed by atoms with van der Waals surface area (Å²) in [7, 11) is 0. The highest BCUT2D eigenvalue weighted by Gasteiger charge is 2.25. The zero-order valence-corrected chi connectivity index (χ0v) is 9.48. The van der Waals surface area contributed by atoms with Gasteiger partial charge in [0.2, 0.25) is 0 Å². The second-order valence-corrected chi connectivity index (χ2v) is 4.50. The highest BCUT2D eigenvalue weighted by Crippen LogP contribution is 2.39. The average molecular weight is 216 g/mol. The van der Waals surface area contributed by atoms with Crippen molar-refractivity contribution in [2.24, 2.45) is 5.73 Å². The maximum atomic E-state index is 5.54. The van der Waals surface area contributed by atoms with E-state index in [-0.39, 0.29) is 0 Å². The molecule has 0 saturated heterocycles. The van der Waals surface area contributed by atoms with Gasteiger partial charge in [0.1, 0.15) is 11.5 Å². The molecule has 2 aromatic heterocycles. The molecule has 2 heterocycles. The SMILES string of the molecule is Cc1nc(C2CC2)cc2nc(CCN)cn12. The molecule has 2 aromatic rings. The molecule has 1 aliphatic rings. The largest absolute Gasteiger partial charge is 0.330 e. The topological polar surface area (TPSA) is 56.2 Å². The standard InChI is InChI=1S/C12H16N4/c1-8-14-11(9-2-3-9)6-12-15-10(4-5-13)7-16(8)12/h6-7,9H,2-5,13H2,1H3. The van der Waals surface area contributed by atoms with Gasteiger partial charge in [-0.3, -0.25) is 4.40 Å². The van der Waals surface area contributed by atoms with Crippen LogP contribution >= 0.6 is 0 Å². The highest BCUT2D eigenvalue weighted by atomic mass is 15.1. The summed E-state index contributed by atoms with van der Waals surface area (Å²) >= 11 is 0. The second kappa shape index (κ2) is 3.56. The molecule has 0 spiro atoms. The molecule has 0 unspecified atom stereocenters. The van der Waals surface area contributed by atoms with E-state index in [9.17, 15) is 0 Å². The number of fused-ring (bicyclic) bond motifs is 1. The first-order valence-corrected chi connectivity index (χ1v) is 5.83. The molecule has 0 radical (unpaired) electrons. The van der Waals surface area contributed by atoms with Crippen molar-refractivity contribution in [2.45, 2.75) is 32.1 Å². The van der Waals surface area contributed by atoms with Gasteiger partial charge in [-0.05, 0) is 26.3 Å². The van der Waals surface area contributed by atoms with Crippen LogP contribution in [0.25, 0.3) is 5.65 Å². The second-order valence-electron chi connectivity index (χ2n) is 4.50. The van der Waals surface area contributed by atoms with E-state index in [1.807, 2.05) is 13.1 Å². The summed E-state index contributed by atoms with van der Waals surface area (Å²) in [6, 6.07) is 2.12. The van der Waals surface area contributed by atoms with Crippen LogP contribution in [-0.2, 0) is 6.42 Å². The summed E-state index contributed by atoms with van der Waals surface area (Å²) in [5.74, 6) is 1.70. The van der Waals surface area contributed by atoms with Crippen LogP contribution in [0.4, 0.5) is 0 Å². The maximum absolute atomic E-state index is 5.54. The smallest absolute Gasteiger partial charge is 0.140 e. The molecule has 0 bridgehead atoms. The molecule has 3 rings (SSSR count). The summed E-state index contributed by atoms with van der Waals surface area (Å²) in [4.78, 5) is 9.21. The molecule has 1 saturated carbocycles. The molecular weight excluding hydrogens is 200 g/mol. The fraction of sp³-hybridized carbons (Fsp3) is 0.500. The molecule has 1 aliphatic carbocycles. The lowest BCUT2D eigenvalue weighted by molar-refractivity contribution is 0.909. The highest BCUT2D eigenvalue weighted by molar-refractivity contribution is 5.43. The number of aryl methyl sites for hydroxylation is 1. The lowest BCUT2D eigenvalue weighted by Crippen LogP contribution is -2.02. The van der Waals surface area contributed by atoms with Crippen molar-refractivity contribution < 1.29 is 0 Å². The molecular formula is C12H16N4. The molecule has 0 aliphatic heterocycles. The van der Waals surface area contributed by atoms with Gasteiger partial charge in [-0.1, -0.05) is 0 Å². The van der Waals surface area contributed by atoms with Crippen LogP contribution in [-0.4, -0.2) is 20.9 Å². The Morgan fingerprint density at radius 1 is 1.44 bits per heavy atom. The molecule has 2 N–H and O–H groups in total. The predicted octanol–water partition coefficient (Wildman–Crippen LogP) is 1.42. The molecule has 16 heavy (non-hydrogen) atoms. The van der Waals surface area contributed by atoms with E-state index in [0.717, 1.165) is 23.6 Å². The first-order valence-electron chi connectivity index (χ1n) is 5.83. The fourth-order valence-corrected chi connectivity index (χ4v) is 2.07. The predicted molar refractivity (Wildman–Crippen MR) is 62.5 cm³/mol. The van der Waals surface area contributed by atoms with Gasteiger partial charge >= 0.3 is 0 Å². The minimum atomic E-state index is 0.645. The summed E-state index contributed by atoms with van der Waals surface area (Å²) < 4.78 is 2.05. The van der Waals surface area contributed by atoms with E-state index >= 15 is 0 Å². The van der Waals surface area contributed by atoms with Gasteiger partial charge in [-0.2, -0.15) is 0 Å². The Balaban J connectivity index is 2.10. The van der Waals surface area contributed by atoms with Crippen molar-refractivity contribution in [3.63, 3.8) is 0 Å². The van der Waals surface area contributed by atoms with Gasteiger partial charge < -0.3 is 5.73 Å². The van der Waals surface area contributed by atoms with Gasteiger partial charge in [-0.15, -0.1) is 0 Å². The summed E-state index contributed by atoms with van der Waals surface area (Å²) in [5.41, 5.74) is 8.82. The first-order chi connectivity index (χ1) is 7.78. The van der Waals surface area contributed by atoms with E-state index in [4.69, 9.17) is 5.73 Å². The maximum Gasteiger partial charge on any atom is 0.140 e. The van der Waals surface area contributed by atoms with Crippen LogP contribution in [0.15, 0.2) is 12.3 Å². The number of nitrogens with zero attached hydrogens (tertiary/aromatic N) is 3. The number of rotatable bonds is 3. The average Bonchev–Trinajstić information content (AvgIpc) is 3.01. The lowest BCUT2D eigenvalue weighted by Gasteiger charge is -2.02. The van der Waals surface area contributed by atoms with Gasteiger partial charge in [-0.25, -0.2) is 9.97 Å². The van der Waals surface area contributed by atoms with Gasteiger partial charge in [0.15, 0.2) is 0 Å². The van der Waals surface area contributed by atoms with Crippen LogP contribution < -0.4 is 5.73 Å². The van der Waals surface area contributed by atoms with Crippen LogP contribution in [0.2, 0.25) is 0 Å². The monoisotopic (exact) mass is 216 g/mol. The third kappa shape index (κ3) is 1.59. The Kier molecular flexibility index (Phi) is 2.17. The Labute approximate surface area is 94.5 Å². The van der Waals surface area contributed by atoms with E-state index in [2.05, 4.69) is 20.4 Å². The Bertz CT molecular complexity index is 525. The molecule has 1 fully saturated rings. The van der Waals surface area contributed by atoms with Crippen molar-refractivity contribution in [1.82, 2.24) is 14.4 Å². The molecule has 0 amide bonds. The number of hydrogen-bond acceptors (Lipinski definition) is 3. The lowest BCUT2D eigenvalue weighted by atomic mass is 10.3. The Morgan fingerprint density at radius 3 is 2.94 bits per heavy atom. The van der Waals surface area contributed by atoms with Crippen LogP contribution in [0.3, 0.4) is 0 Å². The Morgan fingerprint density at radius 2 is 2.25 bits per heavy atom. The van der Waals surface area contributed by atoms with Crippen molar-refractivity contribution in [3.8, 4) is 0 Å². The van der Waals surface area contributed by atoms with E-state index in [1.165, 1.54) is 18.5 Å². The van der Waals surface area contributed by atoms with Crippen LogP contribution in [0.5, 0.6) is 0 Å². The number of imidazole rings is 1. The fourth-order valence-electron chi connectivity index (χ4n) is 2.07. The quantitative estimate of drug-likeness (QED) is 0.844. The van der Waals surface area contributed by atoms with Gasteiger partial charge in [0.05, 0.1) is 5.69 Å². The molecule has 4 nitrogen and oxygen atoms in total. The van der Waals surface area contributed by atoms with Crippen molar-refractivity contribution in [3.05, 3.63) is 29.5 Å². The normalized spacial score (nSPS) is 15.9.